The number of rotatable bonds is 7. The Bertz CT molecular complexity index is 1420. The highest BCUT2D eigenvalue weighted by atomic mass is 32.1. The monoisotopic (exact) mass is 517 g/mol. The van der Waals surface area contributed by atoms with Gasteiger partial charge >= 0.3 is 0 Å². The van der Waals surface area contributed by atoms with E-state index in [0.717, 1.165) is 97.0 Å². The number of aromatic nitrogens is 4. The van der Waals surface area contributed by atoms with Crippen molar-refractivity contribution in [2.24, 2.45) is 0 Å². The standard InChI is InChI=1S/C27H31N7O2S/c1-2-24(35)33-11-9-32(10-12-33)8-4-5-19-17-23-25(37-19)27(34-13-15-36-16-14-34)30-26(29-23)20-6-3-7-22-21(20)18-28-31-22/h2-3,6-7,17-18H,1,4-5,8-16H2,(H,28,31). The number of amides is 1. The summed E-state index contributed by atoms with van der Waals surface area (Å²) in [7, 11) is 0. The van der Waals surface area contributed by atoms with Gasteiger partial charge in [-0.05, 0) is 37.6 Å². The number of aryl methyl sites for hydroxylation is 1. The molecule has 0 spiro atoms. The van der Waals surface area contributed by atoms with Crippen molar-refractivity contribution in [1.82, 2.24) is 30.0 Å². The molecule has 0 unspecified atom stereocenters. The minimum atomic E-state index is 0.0329. The van der Waals surface area contributed by atoms with Crippen molar-refractivity contribution in [3.05, 3.63) is 48.0 Å². The van der Waals surface area contributed by atoms with Crippen molar-refractivity contribution in [1.29, 1.82) is 0 Å². The summed E-state index contributed by atoms with van der Waals surface area (Å²) in [5.74, 6) is 1.77. The first kappa shape index (κ1) is 24.0. The summed E-state index contributed by atoms with van der Waals surface area (Å²) in [6.07, 6.45) is 5.33. The Balaban J connectivity index is 1.23. The summed E-state index contributed by atoms with van der Waals surface area (Å²) in [4.78, 5) is 29.9. The van der Waals surface area contributed by atoms with Crippen LogP contribution in [0.15, 0.2) is 43.1 Å². The maximum absolute atomic E-state index is 11.8. The van der Waals surface area contributed by atoms with E-state index in [1.807, 2.05) is 34.6 Å². The van der Waals surface area contributed by atoms with Crippen LogP contribution in [0.5, 0.6) is 0 Å². The van der Waals surface area contributed by atoms with Gasteiger partial charge in [0.15, 0.2) is 11.6 Å². The fourth-order valence-corrected chi connectivity index (χ4v) is 6.31. The summed E-state index contributed by atoms with van der Waals surface area (Å²) < 4.78 is 6.76. The Morgan fingerprint density at radius 2 is 1.97 bits per heavy atom. The highest BCUT2D eigenvalue weighted by Gasteiger charge is 2.22. The first-order valence-electron chi connectivity index (χ1n) is 12.9. The van der Waals surface area contributed by atoms with Crippen molar-refractivity contribution in [3.63, 3.8) is 0 Å². The molecule has 4 aromatic rings. The highest BCUT2D eigenvalue weighted by Crippen LogP contribution is 2.36. The number of benzene rings is 1. The number of H-pyrrole nitrogens is 1. The van der Waals surface area contributed by atoms with Gasteiger partial charge in [-0.3, -0.25) is 14.8 Å². The second kappa shape index (κ2) is 10.6. The van der Waals surface area contributed by atoms with Gasteiger partial charge < -0.3 is 14.5 Å². The Hall–Kier alpha value is -3.34. The molecule has 0 aliphatic carbocycles. The summed E-state index contributed by atoms with van der Waals surface area (Å²) in [5, 5.41) is 8.30. The zero-order valence-electron chi connectivity index (χ0n) is 20.9. The van der Waals surface area contributed by atoms with Gasteiger partial charge in [0.05, 0.1) is 35.1 Å². The lowest BCUT2D eigenvalue weighted by molar-refractivity contribution is -0.127. The first-order valence-corrected chi connectivity index (χ1v) is 13.7. The number of carbonyl (C=O) groups is 1. The topological polar surface area (TPSA) is 90.5 Å². The summed E-state index contributed by atoms with van der Waals surface area (Å²) in [6, 6.07) is 8.35. The lowest BCUT2D eigenvalue weighted by atomic mass is 10.1. The fraction of sp³-hybridized carbons (Fsp3) is 0.407. The molecule has 10 heteroatoms. The summed E-state index contributed by atoms with van der Waals surface area (Å²) in [5.41, 5.74) is 2.97. The molecule has 3 aromatic heterocycles. The van der Waals surface area contributed by atoms with E-state index in [0.29, 0.717) is 13.2 Å². The van der Waals surface area contributed by atoms with E-state index >= 15 is 0 Å². The summed E-state index contributed by atoms with van der Waals surface area (Å²) >= 11 is 1.81. The van der Waals surface area contributed by atoms with Crippen LogP contribution < -0.4 is 4.90 Å². The highest BCUT2D eigenvalue weighted by molar-refractivity contribution is 7.19. The third kappa shape index (κ3) is 4.96. The smallest absolute Gasteiger partial charge is 0.246 e. The van der Waals surface area contributed by atoms with Gasteiger partial charge in [0, 0.05) is 55.1 Å². The number of piperazine rings is 1. The van der Waals surface area contributed by atoms with Gasteiger partial charge in [0.1, 0.15) is 0 Å². The van der Waals surface area contributed by atoms with Crippen LogP contribution in [0.1, 0.15) is 11.3 Å². The number of morpholine rings is 1. The van der Waals surface area contributed by atoms with E-state index in [1.54, 1.807) is 0 Å². The van der Waals surface area contributed by atoms with Crippen molar-refractivity contribution in [2.75, 3.05) is 63.9 Å². The lowest BCUT2D eigenvalue weighted by Crippen LogP contribution is -2.48. The Labute approximate surface area is 219 Å². The number of aromatic amines is 1. The Morgan fingerprint density at radius 3 is 2.78 bits per heavy atom. The molecule has 1 amide bonds. The Morgan fingerprint density at radius 1 is 1.14 bits per heavy atom. The van der Waals surface area contributed by atoms with E-state index < -0.39 is 0 Å². The van der Waals surface area contributed by atoms with Crippen LogP contribution in [0.4, 0.5) is 5.82 Å². The van der Waals surface area contributed by atoms with Gasteiger partial charge in [-0.2, -0.15) is 5.10 Å². The second-order valence-electron chi connectivity index (χ2n) is 9.51. The van der Waals surface area contributed by atoms with Gasteiger partial charge in [0.25, 0.3) is 0 Å². The number of carbonyl (C=O) groups excluding carboxylic acids is 1. The van der Waals surface area contributed by atoms with E-state index in [9.17, 15) is 4.79 Å². The zero-order valence-corrected chi connectivity index (χ0v) is 21.7. The third-order valence-electron chi connectivity index (χ3n) is 7.20. The predicted octanol–water partition coefficient (Wildman–Crippen LogP) is 3.33. The van der Waals surface area contributed by atoms with Crippen molar-refractivity contribution in [3.8, 4) is 11.4 Å². The van der Waals surface area contributed by atoms with Gasteiger partial charge in [-0.1, -0.05) is 18.7 Å². The summed E-state index contributed by atoms with van der Waals surface area (Å²) in [6.45, 7) is 11.1. The molecular weight excluding hydrogens is 486 g/mol. The van der Waals surface area contributed by atoms with Gasteiger partial charge in [0.2, 0.25) is 5.91 Å². The molecule has 37 heavy (non-hydrogen) atoms. The molecule has 2 aliphatic rings. The van der Waals surface area contributed by atoms with Crippen LogP contribution in [0.25, 0.3) is 32.5 Å². The van der Waals surface area contributed by atoms with E-state index in [1.165, 1.54) is 11.0 Å². The van der Waals surface area contributed by atoms with Crippen LogP contribution in [0, 0.1) is 0 Å². The number of anilines is 1. The number of ether oxygens (including phenoxy) is 1. The minimum Gasteiger partial charge on any atom is -0.378 e. The molecule has 0 bridgehead atoms. The number of hydrogen-bond acceptors (Lipinski definition) is 8. The molecule has 192 valence electrons. The average molecular weight is 518 g/mol. The van der Waals surface area contributed by atoms with Crippen LogP contribution >= 0.6 is 11.3 Å². The molecule has 0 atom stereocenters. The van der Waals surface area contributed by atoms with Crippen LogP contribution in [0.3, 0.4) is 0 Å². The molecule has 1 N–H and O–H groups in total. The maximum atomic E-state index is 11.8. The second-order valence-corrected chi connectivity index (χ2v) is 10.6. The fourth-order valence-electron chi connectivity index (χ4n) is 5.16. The quantitative estimate of drug-likeness (QED) is 0.376. The molecule has 0 saturated carbocycles. The molecule has 2 aliphatic heterocycles. The van der Waals surface area contributed by atoms with Crippen molar-refractivity contribution in [2.45, 2.75) is 12.8 Å². The predicted molar refractivity (Wildman–Crippen MR) is 147 cm³/mol. The first-order chi connectivity index (χ1) is 18.2. The van der Waals surface area contributed by atoms with Crippen LogP contribution in [-0.4, -0.2) is 94.9 Å². The molecule has 9 nitrogen and oxygen atoms in total. The minimum absolute atomic E-state index is 0.0329. The molecule has 0 radical (unpaired) electrons. The molecular formula is C27H31N7O2S. The molecule has 2 fully saturated rings. The van der Waals surface area contributed by atoms with Gasteiger partial charge in [-0.15, -0.1) is 11.3 Å². The average Bonchev–Trinajstić information content (AvgIpc) is 3.60. The van der Waals surface area contributed by atoms with Crippen molar-refractivity contribution < 1.29 is 9.53 Å². The van der Waals surface area contributed by atoms with E-state index in [-0.39, 0.29) is 5.91 Å². The number of nitrogens with zero attached hydrogens (tertiary/aromatic N) is 6. The molecule has 1 aromatic carbocycles. The molecule has 5 heterocycles. The van der Waals surface area contributed by atoms with E-state index in [2.05, 4.69) is 38.7 Å². The molecule has 2 saturated heterocycles. The van der Waals surface area contributed by atoms with Crippen molar-refractivity contribution >= 4 is 44.2 Å². The Kier molecular flexibility index (Phi) is 6.86. The van der Waals surface area contributed by atoms with Crippen LogP contribution in [-0.2, 0) is 16.0 Å². The zero-order chi connectivity index (χ0) is 25.2. The number of nitrogens with one attached hydrogen (secondary N) is 1. The van der Waals surface area contributed by atoms with E-state index in [4.69, 9.17) is 14.7 Å². The van der Waals surface area contributed by atoms with Crippen LogP contribution in [0.2, 0.25) is 0 Å². The van der Waals surface area contributed by atoms with Gasteiger partial charge in [-0.25, -0.2) is 9.97 Å². The number of fused-ring (bicyclic) bond motifs is 2. The SMILES string of the molecule is C=CC(=O)N1CCN(CCCc2cc3nc(-c4cccc5[nH]ncc45)nc(N4CCOCC4)c3s2)CC1. The number of thiophene rings is 1. The molecule has 6 rings (SSSR count). The largest absolute Gasteiger partial charge is 0.378 e. The maximum Gasteiger partial charge on any atom is 0.246 e. The normalized spacial score (nSPS) is 17.1. The number of hydrogen-bond donors (Lipinski definition) is 1. The third-order valence-corrected chi connectivity index (χ3v) is 8.38. The lowest BCUT2D eigenvalue weighted by Gasteiger charge is -2.34.